The summed E-state index contributed by atoms with van der Waals surface area (Å²) in [5.74, 6) is -0.368. The van der Waals surface area contributed by atoms with Crippen LogP contribution in [0.3, 0.4) is 0 Å². The van der Waals surface area contributed by atoms with E-state index in [1.165, 1.54) is 6.92 Å². The zero-order valence-electron chi connectivity index (χ0n) is 19.3. The van der Waals surface area contributed by atoms with Gasteiger partial charge in [-0.3, -0.25) is 4.79 Å². The summed E-state index contributed by atoms with van der Waals surface area (Å²) in [5.41, 5.74) is -8.91. The summed E-state index contributed by atoms with van der Waals surface area (Å²) in [6.07, 6.45) is -24.9. The molecule has 0 bridgehead atoms. The lowest BCUT2D eigenvalue weighted by molar-refractivity contribution is -0.349. The summed E-state index contributed by atoms with van der Waals surface area (Å²) in [4.78, 5) is 11.0. The number of anilines is 1. The Morgan fingerprint density at radius 3 is 1.05 bits per heavy atom. The van der Waals surface area contributed by atoms with Crippen molar-refractivity contribution in [2.45, 2.75) is 49.4 Å². The van der Waals surface area contributed by atoms with Crippen LogP contribution in [-0.4, -0.2) is 30.5 Å². The SMILES string of the molecule is CC(=O)Cc1c(Br)cc(C(F)(C(F)(F)F)C(F)(F)F)cc1Br.Nc1c(Br)cc(C(F)(C(F)(F)F)C(F)(F)F)cc1Br. The predicted molar refractivity (Wildman–Crippen MR) is 132 cm³/mol. The topological polar surface area (TPSA) is 43.1 Å². The van der Waals surface area contributed by atoms with Gasteiger partial charge in [0.2, 0.25) is 0 Å². The molecule has 0 saturated heterocycles. The molecular weight excluding hydrogens is 868 g/mol. The number of halogens is 18. The number of nitrogens with two attached hydrogens (primary N) is 1. The monoisotopic (exact) mass is 875 g/mol. The highest BCUT2D eigenvalue weighted by atomic mass is 79.9. The van der Waals surface area contributed by atoms with Crippen molar-refractivity contribution in [3.63, 3.8) is 0 Å². The smallest absolute Gasteiger partial charge is 0.397 e. The van der Waals surface area contributed by atoms with Crippen LogP contribution in [0.1, 0.15) is 23.6 Å². The molecule has 0 aromatic heterocycles. The number of rotatable bonds is 4. The molecule has 232 valence electrons. The predicted octanol–water partition coefficient (Wildman–Crippen LogP) is 10.7. The quantitative estimate of drug-likeness (QED) is 0.246. The molecule has 0 amide bonds. The van der Waals surface area contributed by atoms with E-state index in [-0.39, 0.29) is 41.3 Å². The maximum Gasteiger partial charge on any atom is 0.435 e. The van der Waals surface area contributed by atoms with Gasteiger partial charge in [0.15, 0.2) is 0 Å². The Bertz CT molecular complexity index is 1210. The summed E-state index contributed by atoms with van der Waals surface area (Å²) < 4.78 is 178. The number of Topliss-reactive ketones (excluding diaryl/α,β-unsaturated/α-hetero) is 1. The van der Waals surface area contributed by atoms with Crippen LogP contribution >= 0.6 is 63.7 Å². The molecule has 0 aliphatic carbocycles. The second kappa shape index (κ2) is 12.5. The highest BCUT2D eigenvalue weighted by Crippen LogP contribution is 2.55. The zero-order valence-corrected chi connectivity index (χ0v) is 25.6. The third-order valence-electron chi connectivity index (χ3n) is 5.00. The molecule has 0 atom stereocenters. The minimum absolute atomic E-state index is 0.128. The van der Waals surface area contributed by atoms with Gasteiger partial charge in [0.05, 0.1) is 5.69 Å². The fourth-order valence-corrected chi connectivity index (χ4v) is 5.63. The fourth-order valence-electron chi connectivity index (χ4n) is 2.98. The van der Waals surface area contributed by atoms with Gasteiger partial charge in [-0.05, 0) is 68.6 Å². The van der Waals surface area contributed by atoms with Gasteiger partial charge in [-0.1, -0.05) is 31.9 Å². The summed E-state index contributed by atoms with van der Waals surface area (Å²) in [7, 11) is 0. The Morgan fingerprint density at radius 1 is 0.585 bits per heavy atom. The molecule has 0 aliphatic rings. The first-order valence-corrected chi connectivity index (χ1v) is 13.1. The van der Waals surface area contributed by atoms with Crippen molar-refractivity contribution in [3.8, 4) is 0 Å². The van der Waals surface area contributed by atoms with Crippen LogP contribution in [0.5, 0.6) is 0 Å². The van der Waals surface area contributed by atoms with Crippen molar-refractivity contribution in [1.29, 1.82) is 0 Å². The molecule has 2 N–H and O–H groups in total. The minimum atomic E-state index is -6.19. The number of nitrogen functional groups attached to an aromatic ring is 1. The highest BCUT2D eigenvalue weighted by molar-refractivity contribution is 9.11. The number of benzene rings is 2. The third-order valence-corrected chi connectivity index (χ3v) is 7.73. The normalized spacial score (nSPS) is 13.5. The Hall–Kier alpha value is -1.15. The standard InChI is InChI=1S/C12H7Br2F7O.C9H4Br2F7N/c1-5(22)2-7-8(13)3-6(4-9(7)14)10(15,11(16,17)18)12(19,20)21;10-4-1-3(2-5(11)6(4)19)7(12,8(13,14)15)9(16,17)18/h3-4H,2H2,1H3;1-2H,19H2. The zero-order chi connectivity index (χ0) is 32.7. The Morgan fingerprint density at radius 2 is 0.829 bits per heavy atom. The van der Waals surface area contributed by atoms with E-state index in [1.807, 2.05) is 0 Å². The molecular formula is C21H11Br4F14NO. The van der Waals surface area contributed by atoms with Crippen LogP contribution in [0.4, 0.5) is 67.2 Å². The number of carbonyl (C=O) groups is 1. The van der Waals surface area contributed by atoms with Crippen LogP contribution in [0.15, 0.2) is 42.2 Å². The van der Waals surface area contributed by atoms with E-state index in [4.69, 9.17) is 5.73 Å². The van der Waals surface area contributed by atoms with E-state index < -0.39 is 47.2 Å². The van der Waals surface area contributed by atoms with Crippen molar-refractivity contribution in [2.75, 3.05) is 5.73 Å². The van der Waals surface area contributed by atoms with E-state index in [0.29, 0.717) is 24.3 Å². The molecule has 2 aromatic carbocycles. The van der Waals surface area contributed by atoms with Crippen molar-refractivity contribution < 1.29 is 66.3 Å². The molecule has 2 rings (SSSR count). The van der Waals surface area contributed by atoms with E-state index >= 15 is 0 Å². The van der Waals surface area contributed by atoms with Gasteiger partial charge in [-0.25, -0.2) is 8.78 Å². The first-order valence-electron chi connectivity index (χ1n) is 9.91. The lowest BCUT2D eigenvalue weighted by Gasteiger charge is -2.30. The van der Waals surface area contributed by atoms with Crippen LogP contribution in [0, 0.1) is 0 Å². The molecule has 20 heteroatoms. The van der Waals surface area contributed by atoms with Gasteiger partial charge in [-0.15, -0.1) is 0 Å². The van der Waals surface area contributed by atoms with Crippen LogP contribution in [0.25, 0.3) is 0 Å². The summed E-state index contributed by atoms with van der Waals surface area (Å²) in [6, 6.07) is 1.45. The first-order chi connectivity index (χ1) is 18.0. The van der Waals surface area contributed by atoms with Crippen molar-refractivity contribution in [3.05, 3.63) is 58.8 Å². The largest absolute Gasteiger partial charge is 0.435 e. The van der Waals surface area contributed by atoms with Crippen LogP contribution in [-0.2, 0) is 22.6 Å². The van der Waals surface area contributed by atoms with Crippen LogP contribution in [0.2, 0.25) is 0 Å². The molecule has 2 aromatic rings. The first kappa shape index (κ1) is 37.9. The average Bonchev–Trinajstić information content (AvgIpc) is 2.75. The Balaban J connectivity index is 0.000000414. The van der Waals surface area contributed by atoms with Gasteiger partial charge in [0.1, 0.15) is 5.78 Å². The van der Waals surface area contributed by atoms with Crippen molar-refractivity contribution in [2.24, 2.45) is 0 Å². The second-order valence-corrected chi connectivity index (χ2v) is 11.4. The molecule has 0 heterocycles. The van der Waals surface area contributed by atoms with Gasteiger partial charge < -0.3 is 5.73 Å². The average molecular weight is 879 g/mol. The molecule has 41 heavy (non-hydrogen) atoms. The lowest BCUT2D eigenvalue weighted by atomic mass is 9.92. The van der Waals surface area contributed by atoms with E-state index in [0.717, 1.165) is 0 Å². The summed E-state index contributed by atoms with van der Waals surface area (Å²) in [6.45, 7) is 1.19. The fraction of sp³-hybridized carbons (Fsp3) is 0.381. The van der Waals surface area contributed by atoms with Gasteiger partial charge in [-0.2, -0.15) is 52.7 Å². The van der Waals surface area contributed by atoms with E-state index in [2.05, 4.69) is 63.7 Å². The van der Waals surface area contributed by atoms with Gasteiger partial charge in [0, 0.05) is 35.4 Å². The number of carbonyl (C=O) groups excluding carboxylic acids is 1. The molecule has 0 radical (unpaired) electrons. The summed E-state index contributed by atoms with van der Waals surface area (Å²) >= 11 is 10.9. The Labute approximate surface area is 254 Å². The molecule has 0 spiro atoms. The molecule has 0 unspecified atom stereocenters. The molecule has 2 nitrogen and oxygen atoms in total. The molecule has 0 aliphatic heterocycles. The lowest BCUT2D eigenvalue weighted by Crippen LogP contribution is -2.50. The number of hydrogen-bond acceptors (Lipinski definition) is 2. The number of hydrogen-bond donors (Lipinski definition) is 1. The maximum atomic E-state index is 13.9. The number of ketones is 1. The summed E-state index contributed by atoms with van der Waals surface area (Å²) in [5, 5.41) is 0. The Kier molecular flexibility index (Phi) is 11.5. The molecule has 0 saturated carbocycles. The third kappa shape index (κ3) is 7.69. The van der Waals surface area contributed by atoms with E-state index in [1.54, 1.807) is 0 Å². The minimum Gasteiger partial charge on any atom is -0.397 e. The number of alkyl halides is 14. The van der Waals surface area contributed by atoms with Crippen molar-refractivity contribution in [1.82, 2.24) is 0 Å². The molecule has 0 fully saturated rings. The van der Waals surface area contributed by atoms with Crippen LogP contribution < -0.4 is 5.73 Å². The van der Waals surface area contributed by atoms with Gasteiger partial charge >= 0.3 is 36.0 Å². The highest BCUT2D eigenvalue weighted by Gasteiger charge is 2.74. The maximum absolute atomic E-state index is 13.9. The van der Waals surface area contributed by atoms with E-state index in [9.17, 15) is 66.3 Å². The van der Waals surface area contributed by atoms with Crippen molar-refractivity contribution >= 4 is 75.2 Å². The van der Waals surface area contributed by atoms with Gasteiger partial charge in [0.25, 0.3) is 0 Å². The second-order valence-electron chi connectivity index (χ2n) is 7.96.